The van der Waals surface area contributed by atoms with Crippen LogP contribution >= 0.6 is 0 Å². The fraction of sp³-hybridized carbons (Fsp3) is 0.467. The molecular weight excluding hydrogens is 240 g/mol. The zero-order valence-corrected chi connectivity index (χ0v) is 11.3. The summed E-state index contributed by atoms with van der Waals surface area (Å²) in [6, 6.07) is 3.96. The number of carbonyl (C=O) groups excluding carboxylic acids is 1. The molecule has 1 aliphatic heterocycles. The number of fused-ring (bicyclic) bond motifs is 1. The van der Waals surface area contributed by atoms with Crippen molar-refractivity contribution in [3.8, 4) is 0 Å². The van der Waals surface area contributed by atoms with Gasteiger partial charge in [0.2, 0.25) is 0 Å². The Labute approximate surface area is 112 Å². The fourth-order valence-electron chi connectivity index (χ4n) is 2.84. The van der Waals surface area contributed by atoms with Crippen molar-refractivity contribution in [3.05, 3.63) is 29.7 Å². The van der Waals surface area contributed by atoms with Crippen LogP contribution in [-0.4, -0.2) is 28.5 Å². The molecule has 1 saturated heterocycles. The number of hydrogen-bond donors (Lipinski definition) is 1. The molecule has 4 heteroatoms. The van der Waals surface area contributed by atoms with Crippen molar-refractivity contribution in [2.45, 2.75) is 38.2 Å². The molecule has 1 atom stereocenters. The Hall–Kier alpha value is -1.68. The van der Waals surface area contributed by atoms with E-state index < -0.39 is 0 Å². The second-order valence-electron chi connectivity index (χ2n) is 5.84. The van der Waals surface area contributed by atoms with Gasteiger partial charge in [0.25, 0.3) is 0 Å². The van der Waals surface area contributed by atoms with E-state index in [1.165, 1.54) is 0 Å². The number of hydrogen-bond acceptors (Lipinski definition) is 3. The third-order valence-corrected chi connectivity index (χ3v) is 3.79. The number of nitrogens with zero attached hydrogens (tertiary/aromatic N) is 1. The summed E-state index contributed by atoms with van der Waals surface area (Å²) < 4.78 is 5.75. The van der Waals surface area contributed by atoms with E-state index in [0.29, 0.717) is 11.6 Å². The van der Waals surface area contributed by atoms with Crippen LogP contribution in [0.4, 0.5) is 0 Å². The van der Waals surface area contributed by atoms with Crippen molar-refractivity contribution in [1.29, 1.82) is 0 Å². The highest BCUT2D eigenvalue weighted by Crippen LogP contribution is 2.35. The van der Waals surface area contributed by atoms with Gasteiger partial charge in [-0.3, -0.25) is 9.78 Å². The van der Waals surface area contributed by atoms with Gasteiger partial charge in [-0.05, 0) is 38.8 Å². The van der Waals surface area contributed by atoms with Gasteiger partial charge in [-0.1, -0.05) is 0 Å². The molecule has 0 amide bonds. The first-order valence-corrected chi connectivity index (χ1v) is 6.65. The van der Waals surface area contributed by atoms with Crippen molar-refractivity contribution < 1.29 is 9.53 Å². The summed E-state index contributed by atoms with van der Waals surface area (Å²) in [7, 11) is 0. The Morgan fingerprint density at radius 1 is 1.47 bits per heavy atom. The van der Waals surface area contributed by atoms with Crippen molar-refractivity contribution in [3.63, 3.8) is 0 Å². The Bertz CT molecular complexity index is 616. The van der Waals surface area contributed by atoms with E-state index in [4.69, 9.17) is 4.74 Å². The third-order valence-electron chi connectivity index (χ3n) is 3.79. The van der Waals surface area contributed by atoms with Crippen LogP contribution in [0.15, 0.2) is 18.3 Å². The van der Waals surface area contributed by atoms with Gasteiger partial charge in [0, 0.05) is 23.6 Å². The summed E-state index contributed by atoms with van der Waals surface area (Å²) in [6.45, 7) is 5.03. The van der Waals surface area contributed by atoms with E-state index in [1.807, 2.05) is 12.3 Å². The van der Waals surface area contributed by atoms with Gasteiger partial charge in [0.05, 0.1) is 23.0 Å². The monoisotopic (exact) mass is 258 g/mol. The summed E-state index contributed by atoms with van der Waals surface area (Å²) in [5.74, 6) is 0.433. The molecule has 4 nitrogen and oxygen atoms in total. The van der Waals surface area contributed by atoms with E-state index in [9.17, 15) is 4.79 Å². The van der Waals surface area contributed by atoms with Gasteiger partial charge in [-0.25, -0.2) is 0 Å². The first kappa shape index (κ1) is 12.4. The van der Waals surface area contributed by atoms with E-state index >= 15 is 0 Å². The molecule has 100 valence electrons. The van der Waals surface area contributed by atoms with Gasteiger partial charge in [0.15, 0.2) is 6.29 Å². The molecule has 0 aliphatic carbocycles. The number of aromatic nitrogens is 2. The highest BCUT2D eigenvalue weighted by Gasteiger charge is 2.30. The molecule has 1 aliphatic rings. The van der Waals surface area contributed by atoms with Crippen LogP contribution in [0.3, 0.4) is 0 Å². The van der Waals surface area contributed by atoms with E-state index in [2.05, 4.69) is 29.9 Å². The summed E-state index contributed by atoms with van der Waals surface area (Å²) in [4.78, 5) is 18.4. The minimum absolute atomic E-state index is 0.0777. The van der Waals surface area contributed by atoms with Gasteiger partial charge in [-0.2, -0.15) is 0 Å². The second kappa shape index (κ2) is 4.46. The number of pyridine rings is 1. The Kier molecular flexibility index (Phi) is 2.90. The minimum atomic E-state index is -0.0777. The van der Waals surface area contributed by atoms with Crippen LogP contribution in [0.2, 0.25) is 0 Å². The maximum Gasteiger partial charge on any atom is 0.166 e. The SMILES string of the molecule is CC1(C)CC(c2cc3cc(C=O)[nH]c3cn2)CCO1. The van der Waals surface area contributed by atoms with Crippen LogP contribution in [0.1, 0.15) is 48.8 Å². The van der Waals surface area contributed by atoms with Crippen molar-refractivity contribution in [2.75, 3.05) is 6.61 Å². The molecule has 3 rings (SSSR count). The lowest BCUT2D eigenvalue weighted by Gasteiger charge is -2.35. The minimum Gasteiger partial charge on any atom is -0.376 e. The highest BCUT2D eigenvalue weighted by molar-refractivity contribution is 5.87. The lowest BCUT2D eigenvalue weighted by Crippen LogP contribution is -2.33. The van der Waals surface area contributed by atoms with E-state index in [0.717, 1.165) is 42.3 Å². The third kappa shape index (κ3) is 2.40. The van der Waals surface area contributed by atoms with Crippen molar-refractivity contribution in [2.24, 2.45) is 0 Å². The molecule has 1 unspecified atom stereocenters. The lowest BCUT2D eigenvalue weighted by molar-refractivity contribution is -0.0597. The zero-order chi connectivity index (χ0) is 13.5. The number of H-pyrrole nitrogens is 1. The predicted octanol–water partition coefficient (Wildman–Crippen LogP) is 3.05. The molecule has 2 aromatic rings. The Morgan fingerprint density at radius 2 is 2.32 bits per heavy atom. The van der Waals surface area contributed by atoms with Gasteiger partial charge in [0.1, 0.15) is 0 Å². The van der Waals surface area contributed by atoms with Gasteiger partial charge < -0.3 is 9.72 Å². The largest absolute Gasteiger partial charge is 0.376 e. The first-order chi connectivity index (χ1) is 9.07. The van der Waals surface area contributed by atoms with Crippen LogP contribution < -0.4 is 0 Å². The molecular formula is C15H18N2O2. The van der Waals surface area contributed by atoms with E-state index in [-0.39, 0.29) is 5.60 Å². The maximum absolute atomic E-state index is 10.8. The van der Waals surface area contributed by atoms with Gasteiger partial charge >= 0.3 is 0 Å². The molecule has 0 saturated carbocycles. The predicted molar refractivity (Wildman–Crippen MR) is 73.5 cm³/mol. The van der Waals surface area contributed by atoms with Crippen LogP contribution in [-0.2, 0) is 4.74 Å². The van der Waals surface area contributed by atoms with E-state index in [1.54, 1.807) is 0 Å². The summed E-state index contributed by atoms with van der Waals surface area (Å²) in [5.41, 5.74) is 2.53. The van der Waals surface area contributed by atoms with Crippen molar-refractivity contribution >= 4 is 17.2 Å². The number of aromatic amines is 1. The van der Waals surface area contributed by atoms with Crippen LogP contribution in [0, 0.1) is 0 Å². The first-order valence-electron chi connectivity index (χ1n) is 6.65. The van der Waals surface area contributed by atoms with Crippen LogP contribution in [0.5, 0.6) is 0 Å². The molecule has 0 aromatic carbocycles. The molecule has 0 bridgehead atoms. The topological polar surface area (TPSA) is 55.0 Å². The number of nitrogens with one attached hydrogen (secondary N) is 1. The quantitative estimate of drug-likeness (QED) is 0.842. The normalized spacial score (nSPS) is 22.5. The molecule has 2 aromatic heterocycles. The van der Waals surface area contributed by atoms with Crippen molar-refractivity contribution in [1.82, 2.24) is 9.97 Å². The molecule has 3 heterocycles. The fourth-order valence-corrected chi connectivity index (χ4v) is 2.84. The Balaban J connectivity index is 1.94. The maximum atomic E-state index is 10.8. The number of carbonyl (C=O) groups is 1. The number of rotatable bonds is 2. The lowest BCUT2D eigenvalue weighted by atomic mass is 9.86. The van der Waals surface area contributed by atoms with Crippen LogP contribution in [0.25, 0.3) is 10.9 Å². The molecule has 0 radical (unpaired) electrons. The highest BCUT2D eigenvalue weighted by atomic mass is 16.5. The Morgan fingerprint density at radius 3 is 3.05 bits per heavy atom. The smallest absolute Gasteiger partial charge is 0.166 e. The zero-order valence-electron chi connectivity index (χ0n) is 11.3. The summed E-state index contributed by atoms with van der Waals surface area (Å²) in [5, 5.41) is 1.05. The molecule has 1 fully saturated rings. The molecule has 0 spiro atoms. The molecule has 19 heavy (non-hydrogen) atoms. The van der Waals surface area contributed by atoms with Gasteiger partial charge in [-0.15, -0.1) is 0 Å². The molecule has 1 N–H and O–H groups in total. The average Bonchev–Trinajstić information content (AvgIpc) is 2.79. The standard InChI is InChI=1S/C15H18N2O2/c1-15(2)7-10(3-4-19-15)13-6-11-5-12(9-18)17-14(11)8-16-13/h5-6,8-10,17H,3-4,7H2,1-2H3. The average molecular weight is 258 g/mol. The number of ether oxygens (including phenoxy) is 1. The number of aldehydes is 1. The summed E-state index contributed by atoms with van der Waals surface area (Å²) >= 11 is 0. The second-order valence-corrected chi connectivity index (χ2v) is 5.84. The summed E-state index contributed by atoms with van der Waals surface area (Å²) in [6.07, 6.45) is 4.64.